The van der Waals surface area contributed by atoms with Crippen LogP contribution in [0.5, 0.6) is 0 Å². The Bertz CT molecular complexity index is 524. The normalized spacial score (nSPS) is 10.8. The van der Waals surface area contributed by atoms with E-state index in [0.717, 1.165) is 15.9 Å². The topological polar surface area (TPSA) is 63.8 Å². The highest BCUT2D eigenvalue weighted by atomic mass is 79.9. The van der Waals surface area contributed by atoms with Crippen LogP contribution in [-0.2, 0) is 6.61 Å². The Balaban J connectivity index is 2.54. The van der Waals surface area contributed by atoms with Gasteiger partial charge in [0.25, 0.3) is 0 Å². The van der Waals surface area contributed by atoms with Crippen molar-refractivity contribution in [2.45, 2.75) is 20.5 Å². The summed E-state index contributed by atoms with van der Waals surface area (Å²) in [6, 6.07) is 0. The average Bonchev–Trinajstić information content (AvgIpc) is 2.57. The van der Waals surface area contributed by atoms with Crippen molar-refractivity contribution in [2.75, 3.05) is 0 Å². The van der Waals surface area contributed by atoms with Crippen LogP contribution in [0.25, 0.3) is 5.82 Å². The molecule has 0 aromatic carbocycles. The fourth-order valence-electron chi connectivity index (χ4n) is 1.42. The number of hydrogen-bond donors (Lipinski definition) is 1. The molecule has 2 aromatic heterocycles. The van der Waals surface area contributed by atoms with E-state index in [1.165, 1.54) is 6.20 Å². The zero-order valence-electron chi connectivity index (χ0n) is 8.98. The molecule has 0 aliphatic carbocycles. The molecule has 0 unspecified atom stereocenters. The molecule has 6 heteroatoms. The second-order valence-corrected chi connectivity index (χ2v) is 4.22. The molecule has 2 aromatic rings. The minimum absolute atomic E-state index is 0.124. The fourth-order valence-corrected chi connectivity index (χ4v) is 1.67. The van der Waals surface area contributed by atoms with E-state index >= 15 is 0 Å². The number of rotatable bonds is 2. The molecule has 84 valence electrons. The number of aromatic nitrogens is 4. The van der Waals surface area contributed by atoms with Gasteiger partial charge in [0.05, 0.1) is 40.6 Å². The Hall–Kier alpha value is -1.27. The molecule has 0 radical (unpaired) electrons. The predicted octanol–water partition coefficient (Wildman–Crippen LogP) is 1.53. The van der Waals surface area contributed by atoms with Crippen molar-refractivity contribution < 1.29 is 5.11 Å². The van der Waals surface area contributed by atoms with Gasteiger partial charge in [-0.1, -0.05) is 0 Å². The summed E-state index contributed by atoms with van der Waals surface area (Å²) in [6.07, 6.45) is 3.15. The number of aryl methyl sites for hydroxylation is 1. The summed E-state index contributed by atoms with van der Waals surface area (Å²) in [5.41, 5.74) is 2.39. The molecule has 0 aliphatic rings. The lowest BCUT2D eigenvalue weighted by Gasteiger charge is -2.03. The van der Waals surface area contributed by atoms with Crippen LogP contribution in [-0.4, -0.2) is 24.9 Å². The molecule has 16 heavy (non-hydrogen) atoms. The van der Waals surface area contributed by atoms with E-state index in [1.54, 1.807) is 10.9 Å². The summed E-state index contributed by atoms with van der Waals surface area (Å²) in [6.45, 7) is 3.73. The van der Waals surface area contributed by atoms with E-state index in [2.05, 4.69) is 31.0 Å². The monoisotopic (exact) mass is 282 g/mol. The zero-order chi connectivity index (χ0) is 11.7. The van der Waals surface area contributed by atoms with Gasteiger partial charge >= 0.3 is 0 Å². The van der Waals surface area contributed by atoms with Crippen LogP contribution in [0, 0.1) is 13.8 Å². The van der Waals surface area contributed by atoms with E-state index in [0.29, 0.717) is 11.5 Å². The molecule has 0 saturated carbocycles. The minimum Gasteiger partial charge on any atom is -0.390 e. The number of halogens is 1. The molecule has 0 fully saturated rings. The van der Waals surface area contributed by atoms with Gasteiger partial charge in [0, 0.05) is 0 Å². The lowest BCUT2D eigenvalue weighted by molar-refractivity contribution is 0.276. The lowest BCUT2D eigenvalue weighted by atomic mass is 10.4. The molecule has 2 heterocycles. The van der Waals surface area contributed by atoms with Gasteiger partial charge in [-0.05, 0) is 29.8 Å². The highest BCUT2D eigenvalue weighted by Crippen LogP contribution is 2.21. The van der Waals surface area contributed by atoms with Crippen LogP contribution in [0.3, 0.4) is 0 Å². The van der Waals surface area contributed by atoms with Crippen molar-refractivity contribution in [1.82, 2.24) is 19.7 Å². The van der Waals surface area contributed by atoms with Gasteiger partial charge in [-0.2, -0.15) is 5.10 Å². The average molecular weight is 283 g/mol. The van der Waals surface area contributed by atoms with Crippen LogP contribution in [0.2, 0.25) is 0 Å². The number of aliphatic hydroxyl groups excluding tert-OH is 1. The van der Waals surface area contributed by atoms with E-state index in [1.807, 2.05) is 13.8 Å². The number of nitrogens with zero attached hydrogens (tertiary/aromatic N) is 4. The second-order valence-electron chi connectivity index (χ2n) is 3.42. The highest BCUT2D eigenvalue weighted by Gasteiger charge is 2.11. The van der Waals surface area contributed by atoms with Gasteiger partial charge in [0.1, 0.15) is 0 Å². The summed E-state index contributed by atoms with van der Waals surface area (Å²) in [5.74, 6) is 0.609. The molecular formula is C10H11BrN4O. The first-order chi connectivity index (χ1) is 7.63. The van der Waals surface area contributed by atoms with E-state index in [-0.39, 0.29) is 6.61 Å². The molecule has 0 bridgehead atoms. The third kappa shape index (κ3) is 1.85. The van der Waals surface area contributed by atoms with E-state index in [9.17, 15) is 0 Å². The molecule has 0 saturated heterocycles. The van der Waals surface area contributed by atoms with Crippen LogP contribution >= 0.6 is 15.9 Å². The Morgan fingerprint density at radius 1 is 1.38 bits per heavy atom. The van der Waals surface area contributed by atoms with Gasteiger partial charge in [-0.15, -0.1) is 0 Å². The van der Waals surface area contributed by atoms with Crippen molar-refractivity contribution in [3.8, 4) is 5.82 Å². The highest BCUT2D eigenvalue weighted by molar-refractivity contribution is 9.10. The maximum atomic E-state index is 9.00. The summed E-state index contributed by atoms with van der Waals surface area (Å²) < 4.78 is 2.66. The van der Waals surface area contributed by atoms with Crippen LogP contribution in [0.15, 0.2) is 16.9 Å². The second kappa shape index (κ2) is 4.31. The first-order valence-corrected chi connectivity index (χ1v) is 5.56. The van der Waals surface area contributed by atoms with E-state index < -0.39 is 0 Å². The molecule has 1 N–H and O–H groups in total. The smallest absolute Gasteiger partial charge is 0.172 e. The summed E-state index contributed by atoms with van der Waals surface area (Å²) in [4.78, 5) is 8.26. The Morgan fingerprint density at radius 3 is 2.69 bits per heavy atom. The SMILES string of the molecule is Cc1nn(-c2cncc(CO)n2)c(C)c1Br. The summed E-state index contributed by atoms with van der Waals surface area (Å²) in [7, 11) is 0. The van der Waals surface area contributed by atoms with Gasteiger partial charge in [-0.3, -0.25) is 4.98 Å². The van der Waals surface area contributed by atoms with Gasteiger partial charge in [0.15, 0.2) is 5.82 Å². The third-order valence-electron chi connectivity index (χ3n) is 2.25. The predicted molar refractivity (Wildman–Crippen MR) is 62.3 cm³/mol. The molecular weight excluding hydrogens is 272 g/mol. The zero-order valence-corrected chi connectivity index (χ0v) is 10.6. The first kappa shape index (κ1) is 11.2. The summed E-state index contributed by atoms with van der Waals surface area (Å²) >= 11 is 3.45. The lowest BCUT2D eigenvalue weighted by Crippen LogP contribution is -2.04. The van der Waals surface area contributed by atoms with Gasteiger partial charge in [-0.25, -0.2) is 9.67 Å². The van der Waals surface area contributed by atoms with Gasteiger partial charge in [0.2, 0.25) is 0 Å². The van der Waals surface area contributed by atoms with E-state index in [4.69, 9.17) is 5.11 Å². The molecule has 0 aliphatic heterocycles. The van der Waals surface area contributed by atoms with Crippen molar-refractivity contribution in [3.63, 3.8) is 0 Å². The summed E-state index contributed by atoms with van der Waals surface area (Å²) in [5, 5.41) is 13.3. The Morgan fingerprint density at radius 2 is 2.12 bits per heavy atom. The molecule has 0 spiro atoms. The quantitative estimate of drug-likeness (QED) is 0.908. The first-order valence-electron chi connectivity index (χ1n) is 4.77. The maximum absolute atomic E-state index is 9.00. The van der Waals surface area contributed by atoms with Crippen molar-refractivity contribution >= 4 is 15.9 Å². The Kier molecular flexibility index (Phi) is 3.02. The minimum atomic E-state index is -0.124. The van der Waals surface area contributed by atoms with Crippen molar-refractivity contribution in [3.05, 3.63) is 33.9 Å². The molecule has 2 rings (SSSR count). The molecule has 5 nitrogen and oxygen atoms in total. The number of hydrogen-bond acceptors (Lipinski definition) is 4. The third-order valence-corrected chi connectivity index (χ3v) is 3.40. The molecule has 0 atom stereocenters. The van der Waals surface area contributed by atoms with Crippen LogP contribution < -0.4 is 0 Å². The van der Waals surface area contributed by atoms with Crippen molar-refractivity contribution in [2.24, 2.45) is 0 Å². The van der Waals surface area contributed by atoms with Crippen LogP contribution in [0.1, 0.15) is 17.1 Å². The van der Waals surface area contributed by atoms with Crippen LogP contribution in [0.4, 0.5) is 0 Å². The molecule has 0 amide bonds. The van der Waals surface area contributed by atoms with Crippen molar-refractivity contribution in [1.29, 1.82) is 0 Å². The largest absolute Gasteiger partial charge is 0.390 e. The number of aliphatic hydroxyl groups is 1. The fraction of sp³-hybridized carbons (Fsp3) is 0.300. The standard InChI is InChI=1S/C10H11BrN4O/c1-6-10(11)7(2)15(14-6)9-4-12-3-8(5-16)13-9/h3-4,16H,5H2,1-2H3. The Labute approximate surface area is 101 Å². The van der Waals surface area contributed by atoms with Gasteiger partial charge < -0.3 is 5.11 Å². The maximum Gasteiger partial charge on any atom is 0.172 e.